The number of hydrogen-bond acceptors (Lipinski definition) is 6. The normalized spacial score (nSPS) is 15.9. The molecule has 0 aliphatic carbocycles. The Hall–Kier alpha value is -2.42. The molecule has 1 aliphatic rings. The minimum atomic E-state index is -0.584. The van der Waals surface area contributed by atoms with E-state index in [1.165, 1.54) is 20.3 Å². The van der Waals surface area contributed by atoms with Crippen LogP contribution in [0.5, 0.6) is 5.88 Å². The van der Waals surface area contributed by atoms with Gasteiger partial charge in [-0.3, -0.25) is 28.6 Å². The van der Waals surface area contributed by atoms with Crippen molar-refractivity contribution in [2.45, 2.75) is 13.3 Å². The Labute approximate surface area is 145 Å². The van der Waals surface area contributed by atoms with Gasteiger partial charge < -0.3 is 10.0 Å². The average Bonchev–Trinajstić information content (AvgIpc) is 2.64. The van der Waals surface area contributed by atoms with Gasteiger partial charge in [0.25, 0.3) is 5.56 Å². The van der Waals surface area contributed by atoms with Crippen molar-refractivity contribution < 1.29 is 9.90 Å². The number of hydrogen-bond donors (Lipinski definition) is 1. The van der Waals surface area contributed by atoms with Crippen LogP contribution >= 0.6 is 0 Å². The molecule has 138 valence electrons. The minimum absolute atomic E-state index is 0.00274. The van der Waals surface area contributed by atoms with Crippen molar-refractivity contribution in [3.63, 3.8) is 0 Å². The minimum Gasteiger partial charge on any atom is -0.494 e. The molecule has 2 rings (SSSR count). The summed E-state index contributed by atoms with van der Waals surface area (Å²) in [5.41, 5.74) is -1.15. The summed E-state index contributed by atoms with van der Waals surface area (Å²) < 4.78 is 1.94. The Bertz CT molecular complexity index is 772. The molecule has 9 nitrogen and oxygen atoms in total. The second-order valence-corrected chi connectivity index (χ2v) is 6.05. The van der Waals surface area contributed by atoms with Gasteiger partial charge in [-0.2, -0.15) is 0 Å². The maximum absolute atomic E-state index is 12.0. The standard InChI is InChI=1S/C16H25N5O4/c1-4-13(22)21-9-7-20(8-10-21)6-5-17-11-12-14(23)18(2)16(25)19(3)15(12)24/h11,23H,4-10H2,1-3H3. The topological polar surface area (TPSA) is 100 Å². The first-order valence-corrected chi connectivity index (χ1v) is 8.35. The van der Waals surface area contributed by atoms with Crippen LogP contribution in [0.1, 0.15) is 18.9 Å². The Morgan fingerprint density at radius 1 is 1.16 bits per heavy atom. The Kier molecular flexibility index (Phi) is 6.13. The van der Waals surface area contributed by atoms with Crippen molar-refractivity contribution in [1.82, 2.24) is 18.9 Å². The van der Waals surface area contributed by atoms with Gasteiger partial charge in [0, 0.05) is 59.5 Å². The molecular weight excluding hydrogens is 326 g/mol. The number of aromatic hydroxyl groups is 1. The van der Waals surface area contributed by atoms with Gasteiger partial charge in [0.15, 0.2) is 0 Å². The van der Waals surface area contributed by atoms with E-state index >= 15 is 0 Å². The molecule has 1 N–H and O–H groups in total. The highest BCUT2D eigenvalue weighted by atomic mass is 16.3. The summed E-state index contributed by atoms with van der Waals surface area (Å²) in [4.78, 5) is 43.6. The van der Waals surface area contributed by atoms with Gasteiger partial charge in [0.05, 0.1) is 6.54 Å². The molecule has 1 fully saturated rings. The zero-order chi connectivity index (χ0) is 18.6. The largest absolute Gasteiger partial charge is 0.494 e. The molecule has 0 bridgehead atoms. The van der Waals surface area contributed by atoms with Crippen LogP contribution in [-0.2, 0) is 18.9 Å². The molecule has 0 saturated carbocycles. The van der Waals surface area contributed by atoms with Gasteiger partial charge in [0.2, 0.25) is 11.8 Å². The smallest absolute Gasteiger partial charge is 0.333 e. The predicted octanol–water partition coefficient (Wildman–Crippen LogP) is -1.24. The molecule has 0 radical (unpaired) electrons. The molecule has 25 heavy (non-hydrogen) atoms. The third-order valence-electron chi connectivity index (χ3n) is 4.46. The zero-order valence-electron chi connectivity index (χ0n) is 14.9. The quantitative estimate of drug-likeness (QED) is 0.669. The van der Waals surface area contributed by atoms with Crippen LogP contribution in [0.4, 0.5) is 0 Å². The summed E-state index contributed by atoms with van der Waals surface area (Å²) >= 11 is 0. The van der Waals surface area contributed by atoms with Crippen molar-refractivity contribution in [2.24, 2.45) is 19.1 Å². The van der Waals surface area contributed by atoms with Crippen molar-refractivity contribution >= 4 is 12.1 Å². The van der Waals surface area contributed by atoms with E-state index in [0.29, 0.717) is 19.5 Å². The molecule has 9 heteroatoms. The summed E-state index contributed by atoms with van der Waals surface area (Å²) in [6.45, 7) is 6.08. The molecule has 0 unspecified atom stereocenters. The van der Waals surface area contributed by atoms with Gasteiger partial charge in [-0.05, 0) is 0 Å². The third kappa shape index (κ3) is 4.16. The maximum Gasteiger partial charge on any atom is 0.333 e. The van der Waals surface area contributed by atoms with Crippen LogP contribution in [0.2, 0.25) is 0 Å². The van der Waals surface area contributed by atoms with Gasteiger partial charge in [-0.25, -0.2) is 4.79 Å². The second kappa shape index (κ2) is 8.11. The summed E-state index contributed by atoms with van der Waals surface area (Å²) in [6, 6.07) is 0. The van der Waals surface area contributed by atoms with E-state index in [1.54, 1.807) is 0 Å². The zero-order valence-corrected chi connectivity index (χ0v) is 14.9. The first-order valence-electron chi connectivity index (χ1n) is 8.35. The average molecular weight is 351 g/mol. The molecule has 0 atom stereocenters. The molecule has 1 aromatic rings. The fraction of sp³-hybridized carbons (Fsp3) is 0.625. The van der Waals surface area contributed by atoms with Crippen molar-refractivity contribution in [3.8, 4) is 5.88 Å². The van der Waals surface area contributed by atoms with Crippen molar-refractivity contribution in [3.05, 3.63) is 26.4 Å². The van der Waals surface area contributed by atoms with E-state index in [4.69, 9.17) is 0 Å². The van der Waals surface area contributed by atoms with Crippen molar-refractivity contribution in [1.29, 1.82) is 0 Å². The lowest BCUT2D eigenvalue weighted by Crippen LogP contribution is -2.49. The molecule has 0 aromatic carbocycles. The summed E-state index contributed by atoms with van der Waals surface area (Å²) in [5.74, 6) is -0.206. The number of piperazine rings is 1. The van der Waals surface area contributed by atoms with Gasteiger partial charge in [-0.1, -0.05) is 6.92 Å². The fourth-order valence-corrected chi connectivity index (χ4v) is 2.77. The SMILES string of the molecule is CCC(=O)N1CCN(CCN=Cc2c(O)n(C)c(=O)n(C)c2=O)CC1. The highest BCUT2D eigenvalue weighted by Gasteiger charge is 2.19. The molecule has 1 amide bonds. The lowest BCUT2D eigenvalue weighted by molar-refractivity contribution is -0.132. The number of aliphatic imine (C=N–C) groups is 1. The fourth-order valence-electron chi connectivity index (χ4n) is 2.77. The highest BCUT2D eigenvalue weighted by Crippen LogP contribution is 2.06. The summed E-state index contributed by atoms with van der Waals surface area (Å²) in [7, 11) is 2.75. The number of carbonyl (C=O) groups is 1. The highest BCUT2D eigenvalue weighted by molar-refractivity contribution is 5.81. The first kappa shape index (κ1) is 18.9. The monoisotopic (exact) mass is 351 g/mol. The third-order valence-corrected chi connectivity index (χ3v) is 4.46. The van der Waals surface area contributed by atoms with Crippen LogP contribution in [0.3, 0.4) is 0 Å². The van der Waals surface area contributed by atoms with E-state index in [2.05, 4.69) is 9.89 Å². The molecule has 1 aromatic heterocycles. The maximum atomic E-state index is 12.0. The Morgan fingerprint density at radius 3 is 2.40 bits per heavy atom. The number of amides is 1. The number of rotatable bonds is 5. The van der Waals surface area contributed by atoms with E-state index < -0.39 is 11.2 Å². The Morgan fingerprint density at radius 2 is 1.80 bits per heavy atom. The van der Waals surface area contributed by atoms with Gasteiger partial charge in [0.1, 0.15) is 5.56 Å². The van der Waals surface area contributed by atoms with Crippen molar-refractivity contribution in [2.75, 3.05) is 39.3 Å². The van der Waals surface area contributed by atoms with E-state index in [0.717, 1.165) is 35.3 Å². The molecule has 1 saturated heterocycles. The molecule has 1 aliphatic heterocycles. The van der Waals surface area contributed by atoms with Gasteiger partial charge >= 0.3 is 5.69 Å². The number of aromatic nitrogens is 2. The lowest BCUT2D eigenvalue weighted by Gasteiger charge is -2.34. The van der Waals surface area contributed by atoms with Crippen LogP contribution in [0.15, 0.2) is 14.6 Å². The van der Waals surface area contributed by atoms with Crippen LogP contribution < -0.4 is 11.2 Å². The van der Waals surface area contributed by atoms with E-state index in [9.17, 15) is 19.5 Å². The second-order valence-electron chi connectivity index (χ2n) is 6.05. The van der Waals surface area contributed by atoms with Crippen LogP contribution in [0.25, 0.3) is 0 Å². The van der Waals surface area contributed by atoms with Gasteiger partial charge in [-0.15, -0.1) is 0 Å². The Balaban J connectivity index is 1.92. The molecular formula is C16H25N5O4. The van der Waals surface area contributed by atoms with Crippen LogP contribution in [-0.4, -0.2) is 75.4 Å². The molecule has 2 heterocycles. The number of nitrogens with zero attached hydrogens (tertiary/aromatic N) is 5. The van der Waals surface area contributed by atoms with Crippen LogP contribution in [0, 0.1) is 0 Å². The van der Waals surface area contributed by atoms with E-state index in [-0.39, 0.29) is 17.4 Å². The lowest BCUT2D eigenvalue weighted by atomic mass is 10.3. The summed E-state index contributed by atoms with van der Waals surface area (Å²) in [5, 5.41) is 9.95. The number of carbonyl (C=O) groups excluding carboxylic acids is 1. The summed E-state index contributed by atoms with van der Waals surface area (Å²) in [6.07, 6.45) is 1.84. The predicted molar refractivity (Wildman–Crippen MR) is 94.4 cm³/mol. The first-order chi connectivity index (χ1) is 11.9. The molecule has 0 spiro atoms. The van der Waals surface area contributed by atoms with E-state index in [1.807, 2.05) is 11.8 Å².